The zero-order valence-corrected chi connectivity index (χ0v) is 28.5. The van der Waals surface area contributed by atoms with Gasteiger partial charge in [-0.2, -0.15) is 0 Å². The Morgan fingerprint density at radius 3 is 2.17 bits per heavy atom. The van der Waals surface area contributed by atoms with Crippen molar-refractivity contribution in [2.75, 3.05) is 6.54 Å². The molecule has 0 radical (unpaired) electrons. The maximum Gasteiger partial charge on any atom is 0.316 e. The van der Waals surface area contributed by atoms with Crippen molar-refractivity contribution in [2.24, 2.45) is 34.8 Å². The predicted molar refractivity (Wildman–Crippen MR) is 174 cm³/mol. The van der Waals surface area contributed by atoms with Crippen molar-refractivity contribution in [1.29, 1.82) is 0 Å². The minimum atomic E-state index is -1.25. The molecule has 6 atom stereocenters. The van der Waals surface area contributed by atoms with Crippen LogP contribution in [0.15, 0.2) is 30.3 Å². The van der Waals surface area contributed by atoms with Gasteiger partial charge in [0, 0.05) is 23.9 Å². The van der Waals surface area contributed by atoms with Gasteiger partial charge in [-0.3, -0.25) is 24.0 Å². The Kier molecular flexibility index (Phi) is 10.8. The van der Waals surface area contributed by atoms with Crippen LogP contribution in [0.5, 0.6) is 0 Å². The maximum absolute atomic E-state index is 14.2. The number of hydrogen-bond acceptors (Lipinski definition) is 6. The summed E-state index contributed by atoms with van der Waals surface area (Å²) in [7, 11) is 0. The summed E-state index contributed by atoms with van der Waals surface area (Å²) in [5, 5.41) is 8.14. The molecule has 5 amide bonds. The highest BCUT2D eigenvalue weighted by atomic mass is 35.5. The number of likely N-dealkylation sites (tertiary alicyclic amines) is 1. The second kappa shape index (κ2) is 13.9. The number of hydrogen-bond donors (Lipinski definition) is 4. The van der Waals surface area contributed by atoms with E-state index in [-0.39, 0.29) is 24.7 Å². The van der Waals surface area contributed by atoms with Crippen LogP contribution in [0.25, 0.3) is 0 Å². The van der Waals surface area contributed by atoms with Crippen LogP contribution in [0.4, 0.5) is 4.79 Å². The number of amides is 5. The third kappa shape index (κ3) is 8.02. The zero-order chi connectivity index (χ0) is 34.1. The van der Waals surface area contributed by atoms with Crippen molar-refractivity contribution in [3.63, 3.8) is 0 Å². The molecule has 1 unspecified atom stereocenters. The Hall–Kier alpha value is -3.18. The van der Waals surface area contributed by atoms with Crippen LogP contribution in [0, 0.1) is 29.1 Å². The lowest BCUT2D eigenvalue weighted by molar-refractivity contribution is -0.144. The van der Waals surface area contributed by atoms with Gasteiger partial charge in [0.25, 0.3) is 5.91 Å². The Balaban J connectivity index is 1.51. The van der Waals surface area contributed by atoms with Crippen LogP contribution in [0.3, 0.4) is 0 Å². The van der Waals surface area contributed by atoms with Crippen molar-refractivity contribution in [3.8, 4) is 0 Å². The van der Waals surface area contributed by atoms with Gasteiger partial charge in [0.15, 0.2) is 5.78 Å². The Morgan fingerprint density at radius 1 is 1.00 bits per heavy atom. The predicted octanol–water partition coefficient (Wildman–Crippen LogP) is 3.36. The Bertz CT molecular complexity index is 1360. The van der Waals surface area contributed by atoms with Gasteiger partial charge in [0.2, 0.25) is 17.6 Å². The van der Waals surface area contributed by atoms with E-state index in [1.54, 1.807) is 51.1 Å². The summed E-state index contributed by atoms with van der Waals surface area (Å²) in [5.74, 6) is -4.21. The number of nitrogens with one attached hydrogen (secondary N) is 3. The molecule has 0 aromatic heterocycles. The number of fused-ring (bicyclic) bond motifs is 1. The van der Waals surface area contributed by atoms with E-state index in [4.69, 9.17) is 28.9 Å². The molecule has 4 rings (SSSR count). The first-order valence-corrected chi connectivity index (χ1v) is 16.7. The van der Waals surface area contributed by atoms with E-state index in [1.807, 2.05) is 13.8 Å². The van der Waals surface area contributed by atoms with Gasteiger partial charge in [-0.25, -0.2) is 4.79 Å². The molecule has 2 saturated carbocycles. The van der Waals surface area contributed by atoms with E-state index in [0.29, 0.717) is 17.9 Å². The minimum absolute atomic E-state index is 0.0572. The molecule has 11 nitrogen and oxygen atoms in total. The minimum Gasteiger partial charge on any atom is -0.363 e. The summed E-state index contributed by atoms with van der Waals surface area (Å²) < 4.78 is -1.25. The quantitative estimate of drug-likeness (QED) is 0.134. The van der Waals surface area contributed by atoms with Gasteiger partial charge < -0.3 is 26.6 Å². The summed E-state index contributed by atoms with van der Waals surface area (Å²) in [6.45, 7) is 8.99. The van der Waals surface area contributed by atoms with Crippen molar-refractivity contribution >= 4 is 58.5 Å². The molecule has 1 aromatic rings. The highest BCUT2D eigenvalue weighted by molar-refractivity contribution is 6.51. The van der Waals surface area contributed by atoms with Crippen LogP contribution >= 0.6 is 23.2 Å². The molecule has 46 heavy (non-hydrogen) atoms. The number of carbonyl (C=O) groups excluding carboxylic acids is 6. The molecule has 1 saturated heterocycles. The maximum atomic E-state index is 14.2. The number of rotatable bonds is 14. The highest BCUT2D eigenvalue weighted by Gasteiger charge is 2.74. The van der Waals surface area contributed by atoms with E-state index in [2.05, 4.69) is 16.0 Å². The molecule has 2 aliphatic carbocycles. The molecule has 0 spiro atoms. The molecule has 1 heterocycles. The third-order valence-corrected chi connectivity index (χ3v) is 10.3. The standard InChI is InChI=1S/C33H45Cl2N5O6/c1-17(2)23(25(41)19-11-7-6-8-12-19)38-31(46)39-27(32(3,4)5)30(45)40-16-20-22(33(20,34)35)24(40)29(44)37-21(26(42)28(36)43)13-9-10-18-14-15-18/h6-8,11-12,17-18,20-24,27H,9-10,13-16H2,1-5H3,(H2,36,43)(H,37,44)(H2,38,39,46)/t20-,21?,22-,23-,24-,27+/m0/s1. The van der Waals surface area contributed by atoms with Gasteiger partial charge in [-0.15, -0.1) is 23.2 Å². The molecular formula is C33H45Cl2N5O6. The Morgan fingerprint density at radius 2 is 1.63 bits per heavy atom. The van der Waals surface area contributed by atoms with E-state index < -0.39 is 75.3 Å². The van der Waals surface area contributed by atoms with Crippen LogP contribution in [-0.4, -0.2) is 75.3 Å². The fourth-order valence-electron chi connectivity index (χ4n) is 6.29. The van der Waals surface area contributed by atoms with E-state index in [9.17, 15) is 28.8 Å². The number of carbonyl (C=O) groups is 6. The van der Waals surface area contributed by atoms with Crippen molar-refractivity contribution in [2.45, 2.75) is 95.2 Å². The molecule has 0 bridgehead atoms. The number of alkyl halides is 2. The highest BCUT2D eigenvalue weighted by Crippen LogP contribution is 2.65. The first-order chi connectivity index (χ1) is 21.4. The molecule has 5 N–H and O–H groups in total. The van der Waals surface area contributed by atoms with Gasteiger partial charge in [-0.1, -0.05) is 90.6 Å². The zero-order valence-electron chi connectivity index (χ0n) is 27.0. The first-order valence-electron chi connectivity index (χ1n) is 15.9. The molecular weight excluding hydrogens is 633 g/mol. The smallest absolute Gasteiger partial charge is 0.316 e. The lowest BCUT2D eigenvalue weighted by Crippen LogP contribution is -2.62. The number of urea groups is 1. The third-order valence-electron chi connectivity index (χ3n) is 9.24. The number of ketones is 2. The molecule has 13 heteroatoms. The molecule has 252 valence electrons. The van der Waals surface area contributed by atoms with Gasteiger partial charge in [0.05, 0.1) is 12.1 Å². The molecule has 3 aliphatic rings. The summed E-state index contributed by atoms with van der Waals surface area (Å²) in [4.78, 5) is 80.3. The number of nitrogens with zero attached hydrogens (tertiary/aromatic N) is 1. The van der Waals surface area contributed by atoms with Crippen molar-refractivity contribution in [3.05, 3.63) is 35.9 Å². The van der Waals surface area contributed by atoms with E-state index >= 15 is 0 Å². The largest absolute Gasteiger partial charge is 0.363 e. The van der Waals surface area contributed by atoms with Crippen molar-refractivity contribution < 1.29 is 28.8 Å². The molecule has 1 aromatic carbocycles. The number of halogens is 2. The molecule has 1 aliphatic heterocycles. The SMILES string of the molecule is CC(C)[C@H](NC(=O)N[C@H](C(=O)N1C[C@H]2[C@@H]([C@H]1C(=O)NC(CCCC1CC1)C(=O)C(N)=O)C2(Cl)Cl)C(C)(C)C)C(=O)c1ccccc1. The van der Waals surface area contributed by atoms with Gasteiger partial charge in [-0.05, 0) is 23.7 Å². The lowest BCUT2D eigenvalue weighted by atomic mass is 9.85. The average molecular weight is 679 g/mol. The Labute approximate surface area is 280 Å². The average Bonchev–Trinajstić information content (AvgIpc) is 3.84. The van der Waals surface area contributed by atoms with Gasteiger partial charge in [0.1, 0.15) is 16.4 Å². The summed E-state index contributed by atoms with van der Waals surface area (Å²) in [5.41, 5.74) is 4.92. The summed E-state index contributed by atoms with van der Waals surface area (Å²) in [6, 6.07) is 3.65. The lowest BCUT2D eigenvalue weighted by Gasteiger charge is -2.37. The van der Waals surface area contributed by atoms with Crippen LogP contribution in [0.2, 0.25) is 0 Å². The molecule has 3 fully saturated rings. The van der Waals surface area contributed by atoms with Crippen LogP contribution in [-0.2, 0) is 19.2 Å². The normalized spacial score (nSPS) is 23.5. The number of piperidine rings is 1. The fourth-order valence-corrected chi connectivity index (χ4v) is 7.12. The van der Waals surface area contributed by atoms with Gasteiger partial charge >= 0.3 is 6.03 Å². The number of nitrogens with two attached hydrogens (primary N) is 1. The van der Waals surface area contributed by atoms with Crippen LogP contribution in [0.1, 0.15) is 77.1 Å². The first kappa shape index (κ1) is 35.7. The summed E-state index contributed by atoms with van der Waals surface area (Å²) in [6.07, 6.45) is 3.98. The van der Waals surface area contributed by atoms with Crippen molar-refractivity contribution in [1.82, 2.24) is 20.9 Å². The van der Waals surface area contributed by atoms with E-state index in [1.165, 1.54) is 4.90 Å². The topological polar surface area (TPSA) is 168 Å². The van der Waals surface area contributed by atoms with Crippen LogP contribution < -0.4 is 21.7 Å². The summed E-state index contributed by atoms with van der Waals surface area (Å²) >= 11 is 13.0. The van der Waals surface area contributed by atoms with E-state index in [0.717, 1.165) is 19.3 Å². The second-order valence-electron chi connectivity index (χ2n) is 14.3. The number of Topliss-reactive ketones (excluding diaryl/α,β-unsaturated/α-hetero) is 2. The number of benzene rings is 1. The fraction of sp³-hybridized carbons (Fsp3) is 0.636. The number of primary amides is 1. The second-order valence-corrected chi connectivity index (χ2v) is 15.7. The monoisotopic (exact) mass is 677 g/mol.